The Morgan fingerprint density at radius 2 is 2.28 bits per heavy atom. The fraction of sp³-hybridized carbons (Fsp3) is 0.231. The first-order chi connectivity index (χ1) is 8.67. The normalized spacial score (nSPS) is 11.1. The van der Waals surface area contributed by atoms with Crippen LogP contribution in [-0.2, 0) is 11.3 Å². The van der Waals surface area contributed by atoms with Crippen molar-refractivity contribution < 1.29 is 9.57 Å². The lowest BCUT2D eigenvalue weighted by Gasteiger charge is -2.09. The number of hydrogen-bond donors (Lipinski definition) is 0. The zero-order chi connectivity index (χ0) is 13.4. The summed E-state index contributed by atoms with van der Waals surface area (Å²) in [4.78, 5) is 8.30. The van der Waals surface area contributed by atoms with E-state index in [1.165, 1.54) is 19.7 Å². The van der Waals surface area contributed by atoms with E-state index in [0.29, 0.717) is 10.8 Å². The monoisotopic (exact) mass is 266 g/mol. The number of aliphatic imine (C=N–C) groups is 1. The van der Waals surface area contributed by atoms with Crippen LogP contribution in [0.5, 0.6) is 5.75 Å². The number of hydrogen-bond acceptors (Lipinski definition) is 3. The van der Waals surface area contributed by atoms with Gasteiger partial charge in [-0.05, 0) is 30.2 Å². The van der Waals surface area contributed by atoms with E-state index in [1.54, 1.807) is 6.07 Å². The molecule has 0 saturated heterocycles. The Bertz CT molecular complexity index is 470. The molecule has 0 saturated carbocycles. The van der Waals surface area contributed by atoms with Crippen molar-refractivity contribution in [3.05, 3.63) is 41.1 Å². The average molecular weight is 267 g/mol. The van der Waals surface area contributed by atoms with Crippen LogP contribution in [0.2, 0.25) is 5.02 Å². The van der Waals surface area contributed by atoms with Gasteiger partial charge >= 0.3 is 0 Å². The van der Waals surface area contributed by atoms with Gasteiger partial charge in [-0.25, -0.2) is 4.99 Å². The maximum atomic E-state index is 5.91. The second kappa shape index (κ2) is 7.50. The van der Waals surface area contributed by atoms with Crippen molar-refractivity contribution in [3.63, 3.8) is 0 Å². The Labute approximate surface area is 112 Å². The molecule has 5 heteroatoms. The number of ether oxygens (including phenoxy) is 1. The van der Waals surface area contributed by atoms with E-state index in [-0.39, 0.29) is 0 Å². The summed E-state index contributed by atoms with van der Waals surface area (Å²) >= 11 is 5.91. The third kappa shape index (κ3) is 4.59. The molecule has 0 aromatic heterocycles. The predicted molar refractivity (Wildman–Crippen MR) is 74.6 cm³/mol. The number of nitrogens with zero attached hydrogens (tertiary/aromatic N) is 2. The lowest BCUT2D eigenvalue weighted by molar-refractivity contribution is 0.215. The van der Waals surface area contributed by atoms with Crippen LogP contribution < -0.4 is 4.74 Å². The maximum Gasteiger partial charge on any atom is 0.154 e. The Morgan fingerprint density at radius 1 is 1.50 bits per heavy atom. The summed E-state index contributed by atoms with van der Waals surface area (Å²) in [7, 11) is 1.44. The molecule has 0 amide bonds. The molecular weight excluding hydrogens is 252 g/mol. The fourth-order valence-electron chi connectivity index (χ4n) is 1.28. The summed E-state index contributed by atoms with van der Waals surface area (Å²) in [5.74, 6) is 1.14. The minimum atomic E-state index is 0.412. The standard InChI is InChI=1S/C13H15ClN2O2/c1-4-11-7-12(14)5-6-13(11)18-10(2)8-15-9-16-17-3/h5-9H,2,4H2,1,3H3/b15-8?,16-9+. The summed E-state index contributed by atoms with van der Waals surface area (Å²) in [6, 6.07) is 5.45. The van der Waals surface area contributed by atoms with Crippen molar-refractivity contribution in [1.82, 2.24) is 0 Å². The van der Waals surface area contributed by atoms with Crippen LogP contribution in [0.3, 0.4) is 0 Å². The molecule has 0 atom stereocenters. The molecule has 1 aromatic carbocycles. The molecule has 96 valence electrons. The van der Waals surface area contributed by atoms with Crippen molar-refractivity contribution >= 4 is 24.2 Å². The molecule has 0 radical (unpaired) electrons. The van der Waals surface area contributed by atoms with Crippen LogP contribution in [0.15, 0.2) is 40.7 Å². The van der Waals surface area contributed by atoms with E-state index in [2.05, 4.69) is 21.6 Å². The Balaban J connectivity index is 2.70. The third-order valence-electron chi connectivity index (χ3n) is 2.08. The highest BCUT2D eigenvalue weighted by molar-refractivity contribution is 6.30. The summed E-state index contributed by atoms with van der Waals surface area (Å²) in [6.07, 6.45) is 3.54. The van der Waals surface area contributed by atoms with Gasteiger partial charge in [0.2, 0.25) is 0 Å². The van der Waals surface area contributed by atoms with Gasteiger partial charge in [0.15, 0.2) is 6.34 Å². The Morgan fingerprint density at radius 3 is 2.94 bits per heavy atom. The number of halogens is 1. The van der Waals surface area contributed by atoms with Crippen LogP contribution in [-0.4, -0.2) is 19.7 Å². The molecule has 0 N–H and O–H groups in total. The van der Waals surface area contributed by atoms with Gasteiger partial charge in [0, 0.05) is 5.02 Å². The van der Waals surface area contributed by atoms with Gasteiger partial charge in [-0.15, -0.1) is 0 Å². The molecule has 0 unspecified atom stereocenters. The number of allylic oxidation sites excluding steroid dienone is 1. The summed E-state index contributed by atoms with van der Waals surface area (Å²) in [6.45, 7) is 5.77. The van der Waals surface area contributed by atoms with Crippen molar-refractivity contribution in [1.29, 1.82) is 0 Å². The van der Waals surface area contributed by atoms with Crippen LogP contribution in [0.25, 0.3) is 0 Å². The van der Waals surface area contributed by atoms with E-state index < -0.39 is 0 Å². The van der Waals surface area contributed by atoms with Gasteiger partial charge in [0.05, 0.1) is 6.21 Å². The van der Waals surface area contributed by atoms with Crippen molar-refractivity contribution in [2.24, 2.45) is 10.1 Å². The molecule has 1 rings (SSSR count). The van der Waals surface area contributed by atoms with E-state index in [0.717, 1.165) is 17.7 Å². The quantitative estimate of drug-likeness (QED) is 0.343. The number of aryl methyl sites for hydroxylation is 1. The highest BCUT2D eigenvalue weighted by Gasteiger charge is 2.03. The molecule has 4 nitrogen and oxygen atoms in total. The predicted octanol–water partition coefficient (Wildman–Crippen LogP) is 3.46. The highest BCUT2D eigenvalue weighted by atomic mass is 35.5. The zero-order valence-corrected chi connectivity index (χ0v) is 11.1. The van der Waals surface area contributed by atoms with Crippen LogP contribution in [0.4, 0.5) is 0 Å². The number of oxime groups is 1. The van der Waals surface area contributed by atoms with E-state index in [1.807, 2.05) is 19.1 Å². The summed E-state index contributed by atoms with van der Waals surface area (Å²) in [5, 5.41) is 4.14. The van der Waals surface area contributed by atoms with Gasteiger partial charge in [0.1, 0.15) is 18.6 Å². The van der Waals surface area contributed by atoms with Crippen LogP contribution in [0, 0.1) is 0 Å². The van der Waals surface area contributed by atoms with E-state index in [9.17, 15) is 0 Å². The lowest BCUT2D eigenvalue weighted by Crippen LogP contribution is -1.98. The smallest absolute Gasteiger partial charge is 0.154 e. The third-order valence-corrected chi connectivity index (χ3v) is 2.32. The molecular formula is C13H15ClN2O2. The van der Waals surface area contributed by atoms with Crippen molar-refractivity contribution in [2.45, 2.75) is 13.3 Å². The second-order valence-corrected chi connectivity index (χ2v) is 3.79. The maximum absolute atomic E-state index is 5.91. The summed E-state index contributed by atoms with van der Waals surface area (Å²) in [5.41, 5.74) is 1.02. The Kier molecular flexibility index (Phi) is 5.94. The van der Waals surface area contributed by atoms with Gasteiger partial charge in [-0.3, -0.25) is 0 Å². The van der Waals surface area contributed by atoms with Gasteiger partial charge in [0.25, 0.3) is 0 Å². The van der Waals surface area contributed by atoms with Crippen LogP contribution >= 0.6 is 11.6 Å². The first kappa shape index (κ1) is 14.3. The first-order valence-electron chi connectivity index (χ1n) is 5.40. The van der Waals surface area contributed by atoms with Gasteiger partial charge in [-0.2, -0.15) is 0 Å². The van der Waals surface area contributed by atoms with Crippen molar-refractivity contribution in [2.75, 3.05) is 7.11 Å². The van der Waals surface area contributed by atoms with Crippen molar-refractivity contribution in [3.8, 4) is 5.75 Å². The van der Waals surface area contributed by atoms with E-state index >= 15 is 0 Å². The second-order valence-electron chi connectivity index (χ2n) is 3.36. The number of benzene rings is 1. The molecule has 0 aliphatic rings. The van der Waals surface area contributed by atoms with Gasteiger partial charge < -0.3 is 9.57 Å². The SMILES string of the molecule is C=C(C=N/C=N/OC)Oc1ccc(Cl)cc1CC. The summed E-state index contributed by atoms with van der Waals surface area (Å²) < 4.78 is 5.57. The van der Waals surface area contributed by atoms with Crippen LogP contribution in [0.1, 0.15) is 12.5 Å². The molecule has 0 aliphatic heterocycles. The molecule has 18 heavy (non-hydrogen) atoms. The topological polar surface area (TPSA) is 43.2 Å². The zero-order valence-electron chi connectivity index (χ0n) is 10.4. The molecule has 0 spiro atoms. The Hall–Kier alpha value is -1.81. The van der Waals surface area contributed by atoms with E-state index in [4.69, 9.17) is 16.3 Å². The average Bonchev–Trinajstić information content (AvgIpc) is 2.37. The minimum Gasteiger partial charge on any atom is -0.456 e. The fourth-order valence-corrected chi connectivity index (χ4v) is 1.48. The largest absolute Gasteiger partial charge is 0.456 e. The van der Waals surface area contributed by atoms with Gasteiger partial charge in [-0.1, -0.05) is 30.3 Å². The highest BCUT2D eigenvalue weighted by Crippen LogP contribution is 2.24. The molecule has 0 bridgehead atoms. The lowest BCUT2D eigenvalue weighted by atomic mass is 10.1. The molecule has 0 heterocycles. The molecule has 0 aliphatic carbocycles. The molecule has 0 fully saturated rings. The minimum absolute atomic E-state index is 0.412. The first-order valence-corrected chi connectivity index (χ1v) is 5.78. The molecule has 1 aromatic rings. The number of rotatable bonds is 6.